The van der Waals surface area contributed by atoms with Crippen molar-refractivity contribution in [1.29, 1.82) is 5.26 Å². The topological polar surface area (TPSA) is 53.3 Å². The number of halogens is 1. The van der Waals surface area contributed by atoms with Gasteiger partial charge in [-0.1, -0.05) is 12.1 Å². The van der Waals surface area contributed by atoms with E-state index in [0.29, 0.717) is 38.2 Å². The number of amides is 1. The van der Waals surface area contributed by atoms with Crippen LogP contribution in [0.4, 0.5) is 4.39 Å². The summed E-state index contributed by atoms with van der Waals surface area (Å²) in [6.45, 7) is 1.34. The molecule has 21 heavy (non-hydrogen) atoms. The molecule has 1 amide bonds. The van der Waals surface area contributed by atoms with E-state index < -0.39 is 5.41 Å². The molecule has 5 heteroatoms. The lowest BCUT2D eigenvalue weighted by atomic mass is 9.73. The zero-order valence-electron chi connectivity index (χ0n) is 12.1. The molecule has 0 aliphatic carbocycles. The van der Waals surface area contributed by atoms with Crippen molar-refractivity contribution in [3.8, 4) is 6.07 Å². The molecule has 1 fully saturated rings. The highest BCUT2D eigenvalue weighted by atomic mass is 19.1. The zero-order chi connectivity index (χ0) is 15.3. The third kappa shape index (κ3) is 3.22. The van der Waals surface area contributed by atoms with Crippen molar-refractivity contribution in [2.24, 2.45) is 0 Å². The molecule has 1 aliphatic heterocycles. The van der Waals surface area contributed by atoms with Crippen LogP contribution in [0.25, 0.3) is 0 Å². The predicted molar refractivity (Wildman–Crippen MR) is 76.0 cm³/mol. The first-order valence-electron chi connectivity index (χ1n) is 7.06. The highest BCUT2D eigenvalue weighted by Gasteiger charge is 2.43. The smallest absolute Gasteiger partial charge is 0.233 e. The molecule has 1 aromatic rings. The van der Waals surface area contributed by atoms with E-state index >= 15 is 0 Å². The Balaban J connectivity index is 2.33. The number of carbonyl (C=O) groups excluding carboxylic acids is 1. The molecule has 0 aromatic heterocycles. The van der Waals surface area contributed by atoms with Gasteiger partial charge in [0.1, 0.15) is 5.82 Å². The number of nitriles is 1. The summed E-state index contributed by atoms with van der Waals surface area (Å²) < 4.78 is 18.9. The van der Waals surface area contributed by atoms with Crippen LogP contribution in [-0.2, 0) is 14.9 Å². The van der Waals surface area contributed by atoms with Gasteiger partial charge in [-0.25, -0.2) is 4.39 Å². The van der Waals surface area contributed by atoms with Gasteiger partial charge in [0.15, 0.2) is 0 Å². The average Bonchev–Trinajstić information content (AvgIpc) is 2.52. The second-order valence-corrected chi connectivity index (χ2v) is 5.34. The van der Waals surface area contributed by atoms with Gasteiger partial charge in [-0.15, -0.1) is 0 Å². The van der Waals surface area contributed by atoms with Gasteiger partial charge >= 0.3 is 0 Å². The Bertz CT molecular complexity index is 547. The second-order valence-electron chi connectivity index (χ2n) is 5.34. The van der Waals surface area contributed by atoms with Crippen molar-refractivity contribution < 1.29 is 13.9 Å². The van der Waals surface area contributed by atoms with Crippen molar-refractivity contribution in [3.05, 3.63) is 35.6 Å². The number of hydrogen-bond acceptors (Lipinski definition) is 3. The van der Waals surface area contributed by atoms with E-state index in [1.807, 2.05) is 6.07 Å². The van der Waals surface area contributed by atoms with Gasteiger partial charge in [0.25, 0.3) is 0 Å². The van der Waals surface area contributed by atoms with Gasteiger partial charge in [0, 0.05) is 26.8 Å². The van der Waals surface area contributed by atoms with Gasteiger partial charge in [-0.05, 0) is 30.5 Å². The molecule has 0 saturated carbocycles. The van der Waals surface area contributed by atoms with Crippen molar-refractivity contribution in [2.75, 3.05) is 26.8 Å². The summed E-state index contributed by atoms with van der Waals surface area (Å²) in [6.07, 6.45) is 1.36. The minimum absolute atomic E-state index is 0.0633. The molecule has 112 valence electrons. The summed E-state index contributed by atoms with van der Waals surface area (Å²) in [7, 11) is 1.69. The minimum atomic E-state index is -0.745. The fraction of sp³-hybridized carbons (Fsp3) is 0.500. The van der Waals surface area contributed by atoms with Crippen molar-refractivity contribution >= 4 is 5.91 Å². The molecule has 1 aliphatic rings. The zero-order valence-corrected chi connectivity index (χ0v) is 12.1. The van der Waals surface area contributed by atoms with Crippen LogP contribution in [0.5, 0.6) is 0 Å². The molecular weight excluding hydrogens is 271 g/mol. The monoisotopic (exact) mass is 290 g/mol. The summed E-state index contributed by atoms with van der Waals surface area (Å²) in [5, 5.41) is 8.67. The van der Waals surface area contributed by atoms with Crippen molar-refractivity contribution in [3.63, 3.8) is 0 Å². The van der Waals surface area contributed by atoms with Crippen LogP contribution in [0, 0.1) is 17.1 Å². The molecule has 0 radical (unpaired) electrons. The number of likely N-dealkylation sites (N-methyl/N-ethyl adjacent to an activating group) is 1. The van der Waals surface area contributed by atoms with Gasteiger partial charge in [0.2, 0.25) is 5.91 Å². The summed E-state index contributed by atoms with van der Waals surface area (Å²) in [6, 6.07) is 8.27. The van der Waals surface area contributed by atoms with E-state index in [4.69, 9.17) is 10.00 Å². The first-order valence-corrected chi connectivity index (χ1v) is 7.06. The molecule has 2 rings (SSSR count). The molecule has 0 bridgehead atoms. The van der Waals surface area contributed by atoms with E-state index in [1.165, 1.54) is 12.1 Å². The van der Waals surface area contributed by atoms with Crippen LogP contribution in [-0.4, -0.2) is 37.6 Å². The molecule has 1 saturated heterocycles. The molecule has 0 atom stereocenters. The molecule has 1 aromatic carbocycles. The second kappa shape index (κ2) is 6.68. The largest absolute Gasteiger partial charge is 0.381 e. The molecule has 0 spiro atoms. The maximum atomic E-state index is 13.6. The van der Waals surface area contributed by atoms with Crippen LogP contribution >= 0.6 is 0 Å². The Labute approximate surface area is 124 Å². The van der Waals surface area contributed by atoms with E-state index in [1.54, 1.807) is 24.1 Å². The fourth-order valence-corrected chi connectivity index (χ4v) is 2.82. The van der Waals surface area contributed by atoms with Crippen LogP contribution in [0.15, 0.2) is 24.3 Å². The van der Waals surface area contributed by atoms with Gasteiger partial charge in [0.05, 0.1) is 17.9 Å². The number of ether oxygens (including phenoxy) is 1. The maximum Gasteiger partial charge on any atom is 0.233 e. The summed E-state index contributed by atoms with van der Waals surface area (Å²) in [5.74, 6) is -0.405. The normalized spacial score (nSPS) is 17.0. The number of carbonyl (C=O) groups is 1. The Hall–Kier alpha value is -1.93. The van der Waals surface area contributed by atoms with E-state index in [9.17, 15) is 9.18 Å². The summed E-state index contributed by atoms with van der Waals surface area (Å²) >= 11 is 0. The van der Waals surface area contributed by atoms with E-state index in [2.05, 4.69) is 0 Å². The molecule has 1 heterocycles. The van der Waals surface area contributed by atoms with E-state index in [0.717, 1.165) is 0 Å². The fourth-order valence-electron chi connectivity index (χ4n) is 2.82. The molecule has 0 unspecified atom stereocenters. The summed E-state index contributed by atoms with van der Waals surface area (Å²) in [5.41, 5.74) is -0.0514. The lowest BCUT2D eigenvalue weighted by Crippen LogP contribution is -2.49. The van der Waals surface area contributed by atoms with Gasteiger partial charge in [-0.3, -0.25) is 4.79 Å². The lowest BCUT2D eigenvalue weighted by molar-refractivity contribution is -0.140. The summed E-state index contributed by atoms with van der Waals surface area (Å²) in [4.78, 5) is 14.4. The Morgan fingerprint density at radius 3 is 2.81 bits per heavy atom. The standard InChI is InChI=1S/C16H19FN2O2/c1-19(9-3-8-18)15(20)16(6-10-21-11-7-16)13-4-2-5-14(17)12-13/h2,4-5,12H,3,6-7,9-11H2,1H3. The molecule has 0 N–H and O–H groups in total. The highest BCUT2D eigenvalue weighted by Crippen LogP contribution is 2.36. The number of rotatable bonds is 4. The van der Waals surface area contributed by atoms with Crippen molar-refractivity contribution in [2.45, 2.75) is 24.7 Å². The SMILES string of the molecule is CN(CCC#N)C(=O)C1(c2cccc(F)c2)CCOCC1. The minimum Gasteiger partial charge on any atom is -0.381 e. The molecule has 4 nitrogen and oxygen atoms in total. The van der Waals surface area contributed by atoms with Crippen LogP contribution in [0.3, 0.4) is 0 Å². The first kappa shape index (κ1) is 15.5. The number of benzene rings is 1. The van der Waals surface area contributed by atoms with Gasteiger partial charge in [-0.2, -0.15) is 5.26 Å². The molecular formula is C16H19FN2O2. The Morgan fingerprint density at radius 2 is 2.19 bits per heavy atom. The lowest BCUT2D eigenvalue weighted by Gasteiger charge is -2.39. The van der Waals surface area contributed by atoms with Crippen LogP contribution in [0.1, 0.15) is 24.8 Å². The third-order valence-electron chi connectivity index (χ3n) is 4.04. The average molecular weight is 290 g/mol. The van der Waals surface area contributed by atoms with Crippen molar-refractivity contribution in [1.82, 2.24) is 4.90 Å². The number of hydrogen-bond donors (Lipinski definition) is 0. The quantitative estimate of drug-likeness (QED) is 0.854. The first-order chi connectivity index (χ1) is 10.1. The van der Waals surface area contributed by atoms with Crippen LogP contribution in [0.2, 0.25) is 0 Å². The maximum absolute atomic E-state index is 13.6. The van der Waals surface area contributed by atoms with Gasteiger partial charge < -0.3 is 9.64 Å². The Kier molecular flexibility index (Phi) is 4.92. The predicted octanol–water partition coefficient (Wildman–Crippen LogP) is 2.25. The highest BCUT2D eigenvalue weighted by molar-refractivity contribution is 5.88. The van der Waals surface area contributed by atoms with Crippen LogP contribution < -0.4 is 0 Å². The number of nitrogens with zero attached hydrogens (tertiary/aromatic N) is 2. The third-order valence-corrected chi connectivity index (χ3v) is 4.04. The Morgan fingerprint density at radius 1 is 1.48 bits per heavy atom. The van der Waals surface area contributed by atoms with E-state index in [-0.39, 0.29) is 18.1 Å².